The van der Waals surface area contributed by atoms with Gasteiger partial charge in [0.25, 0.3) is 5.91 Å². The number of rotatable bonds is 2. The van der Waals surface area contributed by atoms with Crippen LogP contribution in [0.1, 0.15) is 30.7 Å². The van der Waals surface area contributed by atoms with E-state index in [2.05, 4.69) is 4.98 Å². The Labute approximate surface area is 132 Å². The summed E-state index contributed by atoms with van der Waals surface area (Å²) in [5.74, 6) is -0.0120. The third-order valence-electron chi connectivity index (χ3n) is 3.48. The number of carbonyl (C=O) groups excluding carboxylic acids is 1. The summed E-state index contributed by atoms with van der Waals surface area (Å²) in [6.45, 7) is 1.30. The number of aromatic nitrogens is 1. The predicted molar refractivity (Wildman–Crippen MR) is 84.5 cm³/mol. The van der Waals surface area contributed by atoms with Gasteiger partial charge in [0, 0.05) is 11.6 Å². The molecule has 0 bridgehead atoms. The van der Waals surface area contributed by atoms with Crippen molar-refractivity contribution in [3.63, 3.8) is 0 Å². The van der Waals surface area contributed by atoms with E-state index in [-0.39, 0.29) is 12.3 Å². The van der Waals surface area contributed by atoms with Gasteiger partial charge < -0.3 is 0 Å². The molecule has 0 unspecified atom stereocenters. The molecule has 2 aromatic rings. The number of thiazole rings is 1. The number of carbonyl (C=O) groups is 1. The molecule has 0 atom stereocenters. The normalized spacial score (nSPS) is 16.7. The molecule has 0 spiro atoms. The van der Waals surface area contributed by atoms with E-state index in [0.717, 1.165) is 34.5 Å². The SMILES string of the molecule is O=C(Cc1nc2cc(Cl)ccc2s1)N1CCCCCCO1. The highest BCUT2D eigenvalue weighted by atomic mass is 35.5. The fourth-order valence-corrected chi connectivity index (χ4v) is 3.49. The maximum absolute atomic E-state index is 12.3. The lowest BCUT2D eigenvalue weighted by Gasteiger charge is -2.23. The monoisotopic (exact) mass is 324 g/mol. The lowest BCUT2D eigenvalue weighted by Crippen LogP contribution is -2.34. The molecule has 1 aliphatic rings. The minimum Gasteiger partial charge on any atom is -0.272 e. The van der Waals surface area contributed by atoms with E-state index >= 15 is 0 Å². The number of hydrogen-bond acceptors (Lipinski definition) is 4. The molecule has 1 aromatic carbocycles. The van der Waals surface area contributed by atoms with E-state index in [9.17, 15) is 4.79 Å². The third-order valence-corrected chi connectivity index (χ3v) is 4.75. The van der Waals surface area contributed by atoms with Gasteiger partial charge in [0.2, 0.25) is 0 Å². The van der Waals surface area contributed by atoms with Crippen molar-refractivity contribution in [3.8, 4) is 0 Å². The van der Waals surface area contributed by atoms with Gasteiger partial charge in [-0.1, -0.05) is 24.4 Å². The maximum atomic E-state index is 12.3. The number of benzene rings is 1. The maximum Gasteiger partial charge on any atom is 0.252 e. The van der Waals surface area contributed by atoms with Crippen molar-refractivity contribution in [3.05, 3.63) is 28.2 Å². The van der Waals surface area contributed by atoms with E-state index < -0.39 is 0 Å². The molecule has 1 saturated heterocycles. The zero-order valence-electron chi connectivity index (χ0n) is 11.7. The number of nitrogens with zero attached hydrogens (tertiary/aromatic N) is 2. The molecule has 6 heteroatoms. The fourth-order valence-electron chi connectivity index (χ4n) is 2.39. The largest absolute Gasteiger partial charge is 0.272 e. The first-order chi connectivity index (χ1) is 10.2. The highest BCUT2D eigenvalue weighted by molar-refractivity contribution is 7.18. The summed E-state index contributed by atoms with van der Waals surface area (Å²) in [6.07, 6.45) is 4.65. The van der Waals surface area contributed by atoms with Crippen LogP contribution in [0.4, 0.5) is 0 Å². The van der Waals surface area contributed by atoms with Crippen LogP contribution in [0.5, 0.6) is 0 Å². The Hall–Kier alpha value is -1.17. The van der Waals surface area contributed by atoms with Crippen molar-refractivity contribution in [1.82, 2.24) is 10.0 Å². The van der Waals surface area contributed by atoms with Crippen LogP contribution in [0, 0.1) is 0 Å². The topological polar surface area (TPSA) is 42.4 Å². The van der Waals surface area contributed by atoms with Gasteiger partial charge in [-0.3, -0.25) is 9.63 Å². The zero-order chi connectivity index (χ0) is 14.7. The first kappa shape index (κ1) is 14.8. The fraction of sp³-hybridized carbons (Fsp3) is 0.467. The van der Waals surface area contributed by atoms with Crippen LogP contribution in [-0.4, -0.2) is 29.1 Å². The van der Waals surface area contributed by atoms with Crippen LogP contribution in [0.15, 0.2) is 18.2 Å². The van der Waals surface area contributed by atoms with E-state index in [1.165, 1.54) is 22.8 Å². The van der Waals surface area contributed by atoms with Gasteiger partial charge in [0.1, 0.15) is 5.01 Å². The van der Waals surface area contributed by atoms with E-state index in [1.807, 2.05) is 18.2 Å². The number of amides is 1. The van der Waals surface area contributed by atoms with E-state index in [4.69, 9.17) is 16.4 Å². The first-order valence-electron chi connectivity index (χ1n) is 7.20. The van der Waals surface area contributed by atoms with Gasteiger partial charge in [0.05, 0.1) is 23.2 Å². The van der Waals surface area contributed by atoms with Gasteiger partial charge >= 0.3 is 0 Å². The van der Waals surface area contributed by atoms with Crippen LogP contribution < -0.4 is 0 Å². The van der Waals surface area contributed by atoms with Gasteiger partial charge in [-0.2, -0.15) is 0 Å². The molecule has 0 saturated carbocycles. The van der Waals surface area contributed by atoms with Gasteiger partial charge in [-0.25, -0.2) is 10.0 Å². The summed E-state index contributed by atoms with van der Waals surface area (Å²) < 4.78 is 1.05. The average molecular weight is 325 g/mol. The molecule has 3 rings (SSSR count). The molecular weight excluding hydrogens is 308 g/mol. The summed E-state index contributed by atoms with van der Waals surface area (Å²) in [5.41, 5.74) is 0.851. The Morgan fingerprint density at radius 2 is 2.19 bits per heavy atom. The van der Waals surface area contributed by atoms with E-state index in [1.54, 1.807) is 0 Å². The summed E-state index contributed by atoms with van der Waals surface area (Å²) >= 11 is 7.49. The Morgan fingerprint density at radius 1 is 1.33 bits per heavy atom. The molecule has 1 aromatic heterocycles. The Kier molecular flexibility index (Phi) is 4.73. The zero-order valence-corrected chi connectivity index (χ0v) is 13.3. The van der Waals surface area contributed by atoms with Crippen LogP contribution in [0.25, 0.3) is 10.2 Å². The second-order valence-electron chi connectivity index (χ2n) is 5.14. The Bertz CT molecular complexity index is 636. The molecule has 0 N–H and O–H groups in total. The standard InChI is InChI=1S/C15H17ClN2O2S/c16-11-5-6-13-12(9-11)17-14(21-13)10-15(19)18-7-3-1-2-4-8-20-18/h5-6,9H,1-4,7-8,10H2. The molecule has 4 nitrogen and oxygen atoms in total. The summed E-state index contributed by atoms with van der Waals surface area (Å²) in [5, 5.41) is 2.98. The second kappa shape index (κ2) is 6.73. The van der Waals surface area contributed by atoms with Gasteiger partial charge in [-0.05, 0) is 31.0 Å². The number of fused-ring (bicyclic) bond motifs is 1. The van der Waals surface area contributed by atoms with Gasteiger partial charge in [-0.15, -0.1) is 11.3 Å². The van der Waals surface area contributed by atoms with E-state index in [0.29, 0.717) is 18.2 Å². The predicted octanol–water partition coefficient (Wildman–Crippen LogP) is 3.83. The van der Waals surface area contributed by atoms with Crippen LogP contribution >= 0.6 is 22.9 Å². The third kappa shape index (κ3) is 3.73. The number of hydrogen-bond donors (Lipinski definition) is 0. The molecule has 1 aliphatic heterocycles. The molecule has 0 aliphatic carbocycles. The quantitative estimate of drug-likeness (QED) is 0.843. The number of halogens is 1. The van der Waals surface area contributed by atoms with Crippen molar-refractivity contribution in [1.29, 1.82) is 0 Å². The van der Waals surface area contributed by atoms with Crippen molar-refractivity contribution < 1.29 is 9.63 Å². The van der Waals surface area contributed by atoms with Crippen molar-refractivity contribution in [2.75, 3.05) is 13.2 Å². The molecule has 112 valence electrons. The second-order valence-corrected chi connectivity index (χ2v) is 6.69. The number of hydroxylamine groups is 2. The van der Waals surface area contributed by atoms with Crippen LogP contribution in [0.2, 0.25) is 5.02 Å². The molecule has 1 fully saturated rings. The van der Waals surface area contributed by atoms with Gasteiger partial charge in [0.15, 0.2) is 0 Å². The Balaban J connectivity index is 1.69. The minimum atomic E-state index is -0.0120. The lowest BCUT2D eigenvalue weighted by molar-refractivity contribution is -0.188. The summed E-state index contributed by atoms with van der Waals surface area (Å²) in [6, 6.07) is 5.61. The first-order valence-corrected chi connectivity index (χ1v) is 8.40. The highest BCUT2D eigenvalue weighted by Gasteiger charge is 2.18. The highest BCUT2D eigenvalue weighted by Crippen LogP contribution is 2.25. The van der Waals surface area contributed by atoms with Crippen molar-refractivity contribution >= 4 is 39.1 Å². The Morgan fingerprint density at radius 3 is 3.10 bits per heavy atom. The molecule has 21 heavy (non-hydrogen) atoms. The van der Waals surface area contributed by atoms with Crippen molar-refractivity contribution in [2.24, 2.45) is 0 Å². The molecular formula is C15H17ClN2O2S. The van der Waals surface area contributed by atoms with Crippen molar-refractivity contribution in [2.45, 2.75) is 32.1 Å². The molecule has 0 radical (unpaired) electrons. The van der Waals surface area contributed by atoms with Crippen LogP contribution in [0.3, 0.4) is 0 Å². The smallest absolute Gasteiger partial charge is 0.252 e. The molecule has 1 amide bonds. The summed E-state index contributed by atoms with van der Waals surface area (Å²) in [4.78, 5) is 22.3. The van der Waals surface area contributed by atoms with Crippen LogP contribution in [-0.2, 0) is 16.1 Å². The average Bonchev–Trinajstić information content (AvgIpc) is 2.79. The lowest BCUT2D eigenvalue weighted by atomic mass is 10.2. The summed E-state index contributed by atoms with van der Waals surface area (Å²) in [7, 11) is 0. The minimum absolute atomic E-state index is 0.0120. The molecule has 2 heterocycles.